The fourth-order valence-corrected chi connectivity index (χ4v) is 4.84. The highest BCUT2D eigenvalue weighted by Gasteiger charge is 2.23. The van der Waals surface area contributed by atoms with E-state index in [1.165, 1.54) is 42.4 Å². The number of aryl methyl sites for hydroxylation is 2. The molecule has 0 spiro atoms. The van der Waals surface area contributed by atoms with Gasteiger partial charge in [-0.05, 0) is 73.4 Å². The highest BCUT2D eigenvalue weighted by molar-refractivity contribution is 5.94. The first-order valence-corrected chi connectivity index (χ1v) is 10.5. The van der Waals surface area contributed by atoms with Crippen LogP contribution in [0.5, 0.6) is 0 Å². The minimum atomic E-state index is -0.129. The van der Waals surface area contributed by atoms with Crippen LogP contribution in [-0.2, 0) is 13.5 Å². The van der Waals surface area contributed by atoms with Gasteiger partial charge in [0.05, 0.1) is 12.3 Å². The van der Waals surface area contributed by atoms with Crippen molar-refractivity contribution < 1.29 is 10.3 Å². The van der Waals surface area contributed by atoms with Crippen molar-refractivity contribution in [2.75, 3.05) is 0 Å². The highest BCUT2D eigenvalue weighted by Crippen LogP contribution is 2.34. The summed E-state index contributed by atoms with van der Waals surface area (Å²) in [4.78, 5) is 0. The van der Waals surface area contributed by atoms with Gasteiger partial charge in [-0.2, -0.15) is 4.57 Å². The minimum absolute atomic E-state index is 0.129. The van der Waals surface area contributed by atoms with Gasteiger partial charge in [-0.25, -0.2) is 4.39 Å². The van der Waals surface area contributed by atoms with Crippen LogP contribution in [-0.4, -0.2) is 0 Å². The Kier molecular flexibility index (Phi) is 4.66. The second-order valence-electron chi connectivity index (χ2n) is 8.72. The van der Waals surface area contributed by atoms with Gasteiger partial charge in [0.15, 0.2) is 5.69 Å². The maximum atomic E-state index is 15.2. The summed E-state index contributed by atoms with van der Waals surface area (Å²) in [5.41, 5.74) is 7.45. The summed E-state index contributed by atoms with van der Waals surface area (Å²) in [5, 5.41) is 1.70. The van der Waals surface area contributed by atoms with Crippen LogP contribution >= 0.6 is 0 Å². The number of aromatic nitrogens is 1. The lowest BCUT2D eigenvalue weighted by molar-refractivity contribution is -0.665. The number of halogens is 1. The molecule has 0 unspecified atom stereocenters. The Morgan fingerprint density at radius 2 is 1.79 bits per heavy atom. The van der Waals surface area contributed by atoms with E-state index >= 15 is 4.39 Å². The summed E-state index contributed by atoms with van der Waals surface area (Å²) in [6.07, 6.45) is 5.70. The molecule has 0 bridgehead atoms. The maximum Gasteiger partial charge on any atom is 0.220 e. The van der Waals surface area contributed by atoms with Gasteiger partial charge in [0, 0.05) is 13.0 Å². The van der Waals surface area contributed by atoms with E-state index in [0.29, 0.717) is 12.0 Å². The van der Waals surface area contributed by atoms with Crippen molar-refractivity contribution in [2.45, 2.75) is 59.8 Å². The Bertz CT molecular complexity index is 1110. The molecule has 1 fully saturated rings. The lowest BCUT2D eigenvalue weighted by Gasteiger charge is -2.15. The van der Waals surface area contributed by atoms with Gasteiger partial charge in [-0.1, -0.05) is 37.3 Å². The van der Waals surface area contributed by atoms with Crippen LogP contribution in [0.1, 0.15) is 55.0 Å². The topological polar surface area (TPSA) is 3.88 Å². The molecule has 4 rings (SSSR count). The van der Waals surface area contributed by atoms with Crippen molar-refractivity contribution >= 4 is 10.8 Å². The van der Waals surface area contributed by atoms with Gasteiger partial charge >= 0.3 is 0 Å². The van der Waals surface area contributed by atoms with Crippen LogP contribution in [0.3, 0.4) is 0 Å². The SMILES string of the molecule is [2H]c1c(C)[n+](C)c(-c2cc(C)cc(C)c2C)c2cc(F)c(CC3CCCC3)cc12. The third-order valence-corrected chi connectivity index (χ3v) is 6.65. The molecule has 1 saturated carbocycles. The number of benzene rings is 2. The van der Waals surface area contributed by atoms with Crippen molar-refractivity contribution in [3.05, 3.63) is 64.1 Å². The average Bonchev–Trinajstić information content (AvgIpc) is 3.18. The summed E-state index contributed by atoms with van der Waals surface area (Å²) in [5.74, 6) is 0.453. The van der Waals surface area contributed by atoms with Crippen LogP contribution < -0.4 is 4.57 Å². The molecular formula is C26H31FN+. The number of rotatable bonds is 3. The van der Waals surface area contributed by atoms with E-state index in [9.17, 15) is 0 Å². The zero-order valence-electron chi connectivity index (χ0n) is 18.7. The van der Waals surface area contributed by atoms with Gasteiger partial charge in [-0.15, -0.1) is 0 Å². The third-order valence-electron chi connectivity index (χ3n) is 6.65. The van der Waals surface area contributed by atoms with Gasteiger partial charge in [0.1, 0.15) is 12.9 Å². The van der Waals surface area contributed by atoms with E-state index in [2.05, 4.69) is 37.5 Å². The van der Waals surface area contributed by atoms with E-state index in [1.807, 2.05) is 20.0 Å². The fraction of sp³-hybridized carbons (Fsp3) is 0.423. The summed E-state index contributed by atoms with van der Waals surface area (Å²) in [6, 6.07) is 8.52. The highest BCUT2D eigenvalue weighted by atomic mass is 19.1. The third kappa shape index (κ3) is 3.34. The molecule has 1 aliphatic carbocycles. The molecule has 0 saturated heterocycles. The summed E-state index contributed by atoms with van der Waals surface area (Å²) >= 11 is 0. The predicted molar refractivity (Wildman–Crippen MR) is 115 cm³/mol. The maximum absolute atomic E-state index is 15.2. The molecule has 1 aliphatic rings. The van der Waals surface area contributed by atoms with Crippen molar-refractivity contribution in [3.63, 3.8) is 0 Å². The van der Waals surface area contributed by atoms with Gasteiger partial charge in [0.2, 0.25) is 5.69 Å². The van der Waals surface area contributed by atoms with Crippen molar-refractivity contribution in [1.82, 2.24) is 0 Å². The largest absolute Gasteiger partial charge is 0.220 e. The lowest BCUT2D eigenvalue weighted by Crippen LogP contribution is -2.35. The Labute approximate surface area is 169 Å². The van der Waals surface area contributed by atoms with Crippen LogP contribution in [0, 0.1) is 39.4 Å². The van der Waals surface area contributed by atoms with Crippen molar-refractivity contribution in [1.29, 1.82) is 0 Å². The van der Waals surface area contributed by atoms with E-state index in [4.69, 9.17) is 1.37 Å². The summed E-state index contributed by atoms with van der Waals surface area (Å²) in [7, 11) is 1.99. The van der Waals surface area contributed by atoms with Gasteiger partial charge in [0.25, 0.3) is 0 Å². The summed E-state index contributed by atoms with van der Waals surface area (Å²) < 4.78 is 26.0. The lowest BCUT2D eigenvalue weighted by atomic mass is 9.91. The summed E-state index contributed by atoms with van der Waals surface area (Å²) in [6.45, 7) is 8.35. The van der Waals surface area contributed by atoms with Gasteiger partial charge < -0.3 is 0 Å². The molecule has 1 aromatic heterocycles. The van der Waals surface area contributed by atoms with Crippen molar-refractivity contribution in [2.24, 2.45) is 13.0 Å². The first-order chi connectivity index (χ1) is 13.8. The zero-order chi connectivity index (χ0) is 20.9. The first-order valence-electron chi connectivity index (χ1n) is 11.0. The number of hydrogen-bond acceptors (Lipinski definition) is 0. The molecule has 0 aliphatic heterocycles. The molecule has 3 aromatic rings. The zero-order valence-corrected chi connectivity index (χ0v) is 17.7. The Morgan fingerprint density at radius 1 is 1.07 bits per heavy atom. The smallest absolute Gasteiger partial charge is 0.207 e. The monoisotopic (exact) mass is 377 g/mol. The molecule has 146 valence electrons. The first kappa shape index (κ1) is 17.8. The van der Waals surface area contributed by atoms with E-state index in [-0.39, 0.29) is 5.82 Å². The molecule has 2 aromatic carbocycles. The Hall–Kier alpha value is -2.22. The molecule has 1 heterocycles. The molecule has 0 atom stereocenters. The number of pyridine rings is 1. The Morgan fingerprint density at radius 3 is 2.50 bits per heavy atom. The van der Waals surface area contributed by atoms with Crippen LogP contribution in [0.4, 0.5) is 4.39 Å². The second-order valence-corrected chi connectivity index (χ2v) is 8.72. The van der Waals surface area contributed by atoms with Gasteiger partial charge in [-0.3, -0.25) is 0 Å². The molecule has 0 N–H and O–H groups in total. The minimum Gasteiger partial charge on any atom is -0.207 e. The Balaban J connectivity index is 1.99. The molecule has 2 heteroatoms. The number of hydrogen-bond donors (Lipinski definition) is 0. The van der Waals surface area contributed by atoms with Crippen LogP contribution in [0.15, 0.2) is 30.3 Å². The quantitative estimate of drug-likeness (QED) is 0.463. The van der Waals surface area contributed by atoms with Crippen LogP contribution in [0.2, 0.25) is 0 Å². The predicted octanol–water partition coefficient (Wildman–Crippen LogP) is 6.44. The molecule has 1 nitrogen and oxygen atoms in total. The van der Waals surface area contributed by atoms with E-state index in [1.54, 1.807) is 6.07 Å². The normalized spacial score (nSPS) is 15.4. The van der Waals surface area contributed by atoms with E-state index < -0.39 is 0 Å². The number of fused-ring (bicyclic) bond motifs is 1. The molecular weight excluding hydrogens is 345 g/mol. The fourth-order valence-electron chi connectivity index (χ4n) is 4.84. The molecule has 0 amide bonds. The van der Waals surface area contributed by atoms with E-state index in [0.717, 1.165) is 39.7 Å². The molecule has 28 heavy (non-hydrogen) atoms. The standard InChI is InChI=1S/C26H31FN/c1-16-10-17(2)19(4)23(11-16)26-24-15-25(27)22(13-20-8-6-7-9-20)14-21(24)12-18(3)28(26)5/h10-12,14-15,20H,6-9,13H2,1-5H3/q+1/i12D. The molecule has 0 radical (unpaired) electrons. The van der Waals surface area contributed by atoms with Crippen molar-refractivity contribution in [3.8, 4) is 11.3 Å². The average molecular weight is 378 g/mol. The second kappa shape index (κ2) is 7.31. The van der Waals surface area contributed by atoms with Crippen LogP contribution in [0.25, 0.3) is 22.0 Å². The number of nitrogens with zero attached hydrogens (tertiary/aromatic N) is 1.